The second kappa shape index (κ2) is 7.90. The topological polar surface area (TPSA) is 57.7 Å². The Balaban J connectivity index is 1.59. The quantitative estimate of drug-likeness (QED) is 0.786. The van der Waals surface area contributed by atoms with Crippen molar-refractivity contribution in [2.24, 2.45) is 0 Å². The summed E-state index contributed by atoms with van der Waals surface area (Å²) in [7, 11) is -3.51. The van der Waals surface area contributed by atoms with E-state index in [0.29, 0.717) is 37.5 Å². The summed E-state index contributed by atoms with van der Waals surface area (Å²) in [6, 6.07) is 9.41. The van der Waals surface area contributed by atoms with Gasteiger partial charge in [-0.05, 0) is 43.3 Å². The van der Waals surface area contributed by atoms with Crippen LogP contribution in [0.2, 0.25) is 0 Å². The molecule has 1 aromatic heterocycles. The predicted octanol–water partition coefficient (Wildman–Crippen LogP) is 2.83. The van der Waals surface area contributed by atoms with Crippen LogP contribution in [0.15, 0.2) is 40.6 Å². The van der Waals surface area contributed by atoms with E-state index < -0.39 is 10.0 Å². The Morgan fingerprint density at radius 3 is 2.46 bits per heavy atom. The average molecular weight is 393 g/mol. The maximum Gasteiger partial charge on any atom is 0.243 e. The van der Waals surface area contributed by atoms with Crippen molar-refractivity contribution < 1.29 is 13.2 Å². The molecule has 140 valence electrons. The molecule has 1 aliphatic heterocycles. The van der Waals surface area contributed by atoms with Gasteiger partial charge in [0.25, 0.3) is 0 Å². The zero-order valence-corrected chi connectivity index (χ0v) is 16.8. The Hall–Kier alpha value is -1.70. The first kappa shape index (κ1) is 19.1. The second-order valence-corrected chi connectivity index (χ2v) is 9.57. The highest BCUT2D eigenvalue weighted by Crippen LogP contribution is 2.22. The van der Waals surface area contributed by atoms with Gasteiger partial charge in [-0.25, -0.2) is 8.42 Å². The van der Waals surface area contributed by atoms with E-state index in [1.807, 2.05) is 43.5 Å². The van der Waals surface area contributed by atoms with Crippen LogP contribution in [0.3, 0.4) is 0 Å². The van der Waals surface area contributed by atoms with Crippen LogP contribution in [0.1, 0.15) is 22.4 Å². The van der Waals surface area contributed by atoms with Gasteiger partial charge in [0.05, 0.1) is 4.90 Å². The Labute approximate surface area is 159 Å². The third-order valence-electron chi connectivity index (χ3n) is 4.70. The molecule has 0 atom stereocenters. The fourth-order valence-corrected chi connectivity index (χ4v) is 5.59. The number of rotatable bonds is 5. The summed E-state index contributed by atoms with van der Waals surface area (Å²) in [6.07, 6.45) is 1.22. The lowest BCUT2D eigenvalue weighted by Gasteiger charge is -2.34. The van der Waals surface area contributed by atoms with Gasteiger partial charge in [-0.2, -0.15) is 4.31 Å². The molecule has 0 N–H and O–H groups in total. The summed E-state index contributed by atoms with van der Waals surface area (Å²) < 4.78 is 27.3. The van der Waals surface area contributed by atoms with Gasteiger partial charge in [0.2, 0.25) is 15.9 Å². The molecule has 0 unspecified atom stereocenters. The Kier molecular flexibility index (Phi) is 5.79. The summed E-state index contributed by atoms with van der Waals surface area (Å²) in [5, 5.41) is 2.01. The highest BCUT2D eigenvalue weighted by molar-refractivity contribution is 7.89. The zero-order chi connectivity index (χ0) is 18.7. The first-order valence-corrected chi connectivity index (χ1v) is 11.1. The van der Waals surface area contributed by atoms with E-state index in [2.05, 4.69) is 0 Å². The summed E-state index contributed by atoms with van der Waals surface area (Å²) in [5.74, 6) is 0.0990. The molecule has 1 saturated heterocycles. The molecule has 0 bridgehead atoms. The molecule has 2 aromatic rings. The fraction of sp³-hybridized carbons (Fsp3) is 0.421. The number of carbonyl (C=O) groups excluding carboxylic acids is 1. The molecule has 7 heteroatoms. The number of carbonyl (C=O) groups is 1. The summed E-state index contributed by atoms with van der Waals surface area (Å²) in [4.78, 5) is 15.7. The number of aryl methyl sites for hydroxylation is 3. The van der Waals surface area contributed by atoms with E-state index in [4.69, 9.17) is 0 Å². The number of benzene rings is 1. The smallest absolute Gasteiger partial charge is 0.243 e. The maximum atomic E-state index is 12.9. The van der Waals surface area contributed by atoms with Crippen molar-refractivity contribution in [3.05, 3.63) is 51.7 Å². The lowest BCUT2D eigenvalue weighted by atomic mass is 10.2. The predicted molar refractivity (Wildman–Crippen MR) is 104 cm³/mol. The minimum atomic E-state index is -3.51. The number of thiophene rings is 1. The molecule has 1 fully saturated rings. The van der Waals surface area contributed by atoms with Crippen LogP contribution in [0.25, 0.3) is 0 Å². The van der Waals surface area contributed by atoms with Crippen LogP contribution in [-0.4, -0.2) is 49.7 Å². The van der Waals surface area contributed by atoms with Gasteiger partial charge in [-0.1, -0.05) is 23.8 Å². The normalized spacial score (nSPS) is 16.0. The van der Waals surface area contributed by atoms with E-state index in [1.54, 1.807) is 22.3 Å². The van der Waals surface area contributed by atoms with E-state index in [-0.39, 0.29) is 5.91 Å². The molecule has 0 spiro atoms. The van der Waals surface area contributed by atoms with Crippen LogP contribution in [-0.2, 0) is 21.2 Å². The number of hydrogen-bond donors (Lipinski definition) is 0. The Bertz CT molecular complexity index is 868. The molecule has 1 amide bonds. The number of sulfonamides is 1. The average Bonchev–Trinajstić information content (AvgIpc) is 3.13. The SMILES string of the molecule is Cc1ccc(S(=O)(=O)N2CCN(C(=O)CCc3cccs3)CC2)c(C)c1. The van der Waals surface area contributed by atoms with Crippen molar-refractivity contribution >= 4 is 27.3 Å². The number of amides is 1. The molecule has 0 radical (unpaired) electrons. The van der Waals surface area contributed by atoms with Gasteiger partial charge in [-0.3, -0.25) is 4.79 Å². The van der Waals surface area contributed by atoms with Crippen LogP contribution in [0.4, 0.5) is 0 Å². The lowest BCUT2D eigenvalue weighted by Crippen LogP contribution is -2.50. The fourth-order valence-electron chi connectivity index (χ4n) is 3.25. The highest BCUT2D eigenvalue weighted by atomic mass is 32.2. The molecular formula is C19H24N2O3S2. The molecule has 1 aromatic carbocycles. The van der Waals surface area contributed by atoms with Crippen molar-refractivity contribution in [1.29, 1.82) is 0 Å². The number of nitrogens with zero attached hydrogens (tertiary/aromatic N) is 2. The third kappa shape index (κ3) is 4.16. The van der Waals surface area contributed by atoms with E-state index in [1.165, 1.54) is 9.18 Å². The molecule has 2 heterocycles. The molecule has 0 saturated carbocycles. The minimum Gasteiger partial charge on any atom is -0.340 e. The molecule has 26 heavy (non-hydrogen) atoms. The van der Waals surface area contributed by atoms with Crippen LogP contribution in [0.5, 0.6) is 0 Å². The van der Waals surface area contributed by atoms with Crippen molar-refractivity contribution in [2.45, 2.75) is 31.6 Å². The molecule has 5 nitrogen and oxygen atoms in total. The Morgan fingerprint density at radius 2 is 1.85 bits per heavy atom. The van der Waals surface area contributed by atoms with Crippen LogP contribution < -0.4 is 0 Å². The van der Waals surface area contributed by atoms with Gasteiger partial charge < -0.3 is 4.90 Å². The second-order valence-electron chi connectivity index (χ2n) is 6.63. The van der Waals surface area contributed by atoms with E-state index in [0.717, 1.165) is 17.5 Å². The zero-order valence-electron chi connectivity index (χ0n) is 15.1. The third-order valence-corrected chi connectivity index (χ3v) is 7.70. The maximum absolute atomic E-state index is 12.9. The summed E-state index contributed by atoms with van der Waals surface area (Å²) in [6.45, 7) is 5.37. The van der Waals surface area contributed by atoms with Gasteiger partial charge >= 0.3 is 0 Å². The van der Waals surface area contributed by atoms with Crippen LogP contribution in [0, 0.1) is 13.8 Å². The van der Waals surface area contributed by atoms with Crippen molar-refractivity contribution in [3.63, 3.8) is 0 Å². The molecule has 0 aliphatic carbocycles. The highest BCUT2D eigenvalue weighted by Gasteiger charge is 2.30. The Morgan fingerprint density at radius 1 is 1.12 bits per heavy atom. The van der Waals surface area contributed by atoms with Gasteiger partial charge in [0.15, 0.2) is 0 Å². The van der Waals surface area contributed by atoms with Crippen molar-refractivity contribution in [2.75, 3.05) is 26.2 Å². The van der Waals surface area contributed by atoms with E-state index in [9.17, 15) is 13.2 Å². The van der Waals surface area contributed by atoms with Gasteiger partial charge in [0, 0.05) is 37.5 Å². The monoisotopic (exact) mass is 392 g/mol. The van der Waals surface area contributed by atoms with Gasteiger partial charge in [0.1, 0.15) is 0 Å². The first-order chi connectivity index (χ1) is 12.4. The molecular weight excluding hydrogens is 368 g/mol. The minimum absolute atomic E-state index is 0.0990. The molecule has 3 rings (SSSR count). The first-order valence-electron chi connectivity index (χ1n) is 8.75. The largest absolute Gasteiger partial charge is 0.340 e. The summed E-state index contributed by atoms with van der Waals surface area (Å²) >= 11 is 1.66. The lowest BCUT2D eigenvalue weighted by molar-refractivity contribution is -0.132. The summed E-state index contributed by atoms with van der Waals surface area (Å²) in [5.41, 5.74) is 1.81. The van der Waals surface area contributed by atoms with Crippen molar-refractivity contribution in [1.82, 2.24) is 9.21 Å². The number of piperazine rings is 1. The number of hydrogen-bond acceptors (Lipinski definition) is 4. The standard InChI is InChI=1S/C19H24N2O3S2/c1-15-5-7-18(16(2)14-15)26(23,24)21-11-9-20(10-12-21)19(22)8-6-17-4-3-13-25-17/h3-5,7,13-14H,6,8-12H2,1-2H3. The van der Waals surface area contributed by atoms with Crippen LogP contribution >= 0.6 is 11.3 Å². The molecule has 1 aliphatic rings. The van der Waals surface area contributed by atoms with Crippen molar-refractivity contribution in [3.8, 4) is 0 Å². The van der Waals surface area contributed by atoms with E-state index >= 15 is 0 Å². The van der Waals surface area contributed by atoms with Gasteiger partial charge in [-0.15, -0.1) is 11.3 Å².